The first-order chi connectivity index (χ1) is 8.69. The second-order valence-electron chi connectivity index (χ2n) is 5.14. The number of nitrogens with zero attached hydrogens (tertiary/aromatic N) is 1. The van der Waals surface area contributed by atoms with E-state index < -0.39 is 0 Å². The Morgan fingerprint density at radius 2 is 2.11 bits per heavy atom. The standard InChI is InChI=1S/C15H22N2O/c1-3-12-6-8-14(9-7-12)16-15(18)13-5-4-10-17(2)11-13/h6-9,13H,3-5,10-11H2,1-2H3,(H,16,18)/t13-/m0/s1. The molecule has 1 aliphatic heterocycles. The highest BCUT2D eigenvalue weighted by molar-refractivity contribution is 5.92. The number of rotatable bonds is 3. The fourth-order valence-corrected chi connectivity index (χ4v) is 2.45. The van der Waals surface area contributed by atoms with E-state index >= 15 is 0 Å². The van der Waals surface area contributed by atoms with Crippen molar-refractivity contribution >= 4 is 11.6 Å². The van der Waals surface area contributed by atoms with Crippen molar-refractivity contribution in [1.29, 1.82) is 0 Å². The summed E-state index contributed by atoms with van der Waals surface area (Å²) in [6.45, 7) is 4.11. The second-order valence-corrected chi connectivity index (χ2v) is 5.14. The fourth-order valence-electron chi connectivity index (χ4n) is 2.45. The smallest absolute Gasteiger partial charge is 0.228 e. The Labute approximate surface area is 109 Å². The first-order valence-electron chi connectivity index (χ1n) is 6.77. The lowest BCUT2D eigenvalue weighted by molar-refractivity contribution is -0.121. The molecule has 0 saturated carbocycles. The first kappa shape index (κ1) is 13.1. The van der Waals surface area contributed by atoms with Crippen molar-refractivity contribution in [3.63, 3.8) is 0 Å². The zero-order valence-corrected chi connectivity index (χ0v) is 11.3. The number of likely N-dealkylation sites (tertiary alicyclic amines) is 1. The molecule has 0 radical (unpaired) electrons. The Balaban J connectivity index is 1.93. The van der Waals surface area contributed by atoms with E-state index in [-0.39, 0.29) is 11.8 Å². The third kappa shape index (κ3) is 3.33. The first-order valence-corrected chi connectivity index (χ1v) is 6.77. The second kappa shape index (κ2) is 6.01. The number of piperidine rings is 1. The van der Waals surface area contributed by atoms with Gasteiger partial charge in [-0.3, -0.25) is 4.79 Å². The van der Waals surface area contributed by atoms with Gasteiger partial charge in [0.2, 0.25) is 5.91 Å². The number of carbonyl (C=O) groups is 1. The van der Waals surface area contributed by atoms with Gasteiger partial charge in [-0.25, -0.2) is 0 Å². The molecular weight excluding hydrogens is 224 g/mol. The van der Waals surface area contributed by atoms with Gasteiger partial charge in [0, 0.05) is 12.2 Å². The van der Waals surface area contributed by atoms with E-state index in [0.29, 0.717) is 0 Å². The van der Waals surface area contributed by atoms with E-state index in [9.17, 15) is 4.79 Å². The summed E-state index contributed by atoms with van der Waals surface area (Å²) in [5, 5.41) is 3.02. The lowest BCUT2D eigenvalue weighted by atomic mass is 9.97. The molecule has 3 heteroatoms. The molecular formula is C15H22N2O. The van der Waals surface area contributed by atoms with Gasteiger partial charge in [-0.05, 0) is 50.6 Å². The van der Waals surface area contributed by atoms with Crippen LogP contribution in [0, 0.1) is 5.92 Å². The molecule has 1 aromatic carbocycles. The maximum Gasteiger partial charge on any atom is 0.228 e. The van der Waals surface area contributed by atoms with Crippen molar-refractivity contribution in [2.45, 2.75) is 26.2 Å². The molecule has 1 fully saturated rings. The molecule has 1 saturated heterocycles. The minimum Gasteiger partial charge on any atom is -0.326 e. The molecule has 1 aromatic rings. The molecule has 0 unspecified atom stereocenters. The Hall–Kier alpha value is -1.35. The number of nitrogens with one attached hydrogen (secondary N) is 1. The van der Waals surface area contributed by atoms with Gasteiger partial charge in [0.25, 0.3) is 0 Å². The summed E-state index contributed by atoms with van der Waals surface area (Å²) < 4.78 is 0. The summed E-state index contributed by atoms with van der Waals surface area (Å²) in [6, 6.07) is 8.12. The Morgan fingerprint density at radius 3 is 2.72 bits per heavy atom. The molecule has 0 aliphatic carbocycles. The summed E-state index contributed by atoms with van der Waals surface area (Å²) in [5.74, 6) is 0.292. The van der Waals surface area contributed by atoms with Gasteiger partial charge in [0.15, 0.2) is 0 Å². The molecule has 18 heavy (non-hydrogen) atoms. The molecule has 1 heterocycles. The van der Waals surface area contributed by atoms with Gasteiger partial charge in [0.05, 0.1) is 5.92 Å². The van der Waals surface area contributed by atoms with Gasteiger partial charge in [-0.1, -0.05) is 19.1 Å². The van der Waals surface area contributed by atoms with E-state index in [1.807, 2.05) is 12.1 Å². The highest BCUT2D eigenvalue weighted by Crippen LogP contribution is 2.18. The molecule has 3 nitrogen and oxygen atoms in total. The number of benzene rings is 1. The third-order valence-corrected chi connectivity index (χ3v) is 3.62. The van der Waals surface area contributed by atoms with E-state index in [1.54, 1.807) is 0 Å². The quantitative estimate of drug-likeness (QED) is 0.889. The highest BCUT2D eigenvalue weighted by atomic mass is 16.1. The largest absolute Gasteiger partial charge is 0.326 e. The zero-order valence-electron chi connectivity index (χ0n) is 11.3. The average molecular weight is 246 g/mol. The number of hydrogen-bond acceptors (Lipinski definition) is 2. The van der Waals surface area contributed by atoms with Crippen molar-refractivity contribution in [3.05, 3.63) is 29.8 Å². The van der Waals surface area contributed by atoms with E-state index in [2.05, 4.69) is 36.3 Å². The fraction of sp³-hybridized carbons (Fsp3) is 0.533. The number of carbonyl (C=O) groups excluding carboxylic acids is 1. The predicted octanol–water partition coefficient (Wildman–Crippen LogP) is 2.53. The van der Waals surface area contributed by atoms with Gasteiger partial charge < -0.3 is 10.2 Å². The summed E-state index contributed by atoms with van der Waals surface area (Å²) in [6.07, 6.45) is 3.15. The monoisotopic (exact) mass is 246 g/mol. The normalized spacial score (nSPS) is 20.7. The van der Waals surface area contributed by atoms with Crippen molar-refractivity contribution in [2.75, 3.05) is 25.5 Å². The van der Waals surface area contributed by atoms with Crippen LogP contribution in [0.3, 0.4) is 0 Å². The maximum absolute atomic E-state index is 12.1. The highest BCUT2D eigenvalue weighted by Gasteiger charge is 2.23. The van der Waals surface area contributed by atoms with Crippen LogP contribution in [-0.2, 0) is 11.2 Å². The minimum atomic E-state index is 0.134. The Morgan fingerprint density at radius 1 is 1.39 bits per heavy atom. The van der Waals surface area contributed by atoms with Crippen molar-refractivity contribution in [3.8, 4) is 0 Å². The lowest BCUT2D eigenvalue weighted by Gasteiger charge is -2.28. The van der Waals surface area contributed by atoms with Crippen molar-refractivity contribution < 1.29 is 4.79 Å². The third-order valence-electron chi connectivity index (χ3n) is 3.62. The van der Waals surface area contributed by atoms with Crippen LogP contribution in [0.25, 0.3) is 0 Å². The molecule has 1 amide bonds. The molecule has 1 aliphatic rings. The predicted molar refractivity (Wildman–Crippen MR) is 74.7 cm³/mol. The Kier molecular flexibility index (Phi) is 4.37. The van der Waals surface area contributed by atoms with Crippen LogP contribution in [0.1, 0.15) is 25.3 Å². The van der Waals surface area contributed by atoms with Crippen molar-refractivity contribution in [2.24, 2.45) is 5.92 Å². The molecule has 98 valence electrons. The molecule has 0 aromatic heterocycles. The lowest BCUT2D eigenvalue weighted by Crippen LogP contribution is -2.38. The van der Waals surface area contributed by atoms with E-state index in [4.69, 9.17) is 0 Å². The number of anilines is 1. The molecule has 1 atom stereocenters. The van der Waals surface area contributed by atoms with E-state index in [1.165, 1.54) is 5.56 Å². The number of amides is 1. The van der Waals surface area contributed by atoms with Crippen LogP contribution in [0.4, 0.5) is 5.69 Å². The number of aryl methyl sites for hydroxylation is 1. The van der Waals surface area contributed by atoms with Crippen LogP contribution in [-0.4, -0.2) is 30.9 Å². The number of hydrogen-bond donors (Lipinski definition) is 1. The zero-order chi connectivity index (χ0) is 13.0. The summed E-state index contributed by atoms with van der Waals surface area (Å²) in [7, 11) is 2.08. The summed E-state index contributed by atoms with van der Waals surface area (Å²) in [5.41, 5.74) is 2.20. The van der Waals surface area contributed by atoms with Gasteiger partial charge >= 0.3 is 0 Å². The van der Waals surface area contributed by atoms with Crippen LogP contribution in [0.15, 0.2) is 24.3 Å². The SMILES string of the molecule is CCc1ccc(NC(=O)[C@H]2CCCN(C)C2)cc1. The summed E-state index contributed by atoms with van der Waals surface area (Å²) in [4.78, 5) is 14.4. The van der Waals surface area contributed by atoms with Crippen LogP contribution in [0.5, 0.6) is 0 Å². The maximum atomic E-state index is 12.1. The van der Waals surface area contributed by atoms with Crippen LogP contribution in [0.2, 0.25) is 0 Å². The van der Waals surface area contributed by atoms with Gasteiger partial charge in [0.1, 0.15) is 0 Å². The topological polar surface area (TPSA) is 32.3 Å². The van der Waals surface area contributed by atoms with E-state index in [0.717, 1.165) is 38.0 Å². The minimum absolute atomic E-state index is 0.134. The van der Waals surface area contributed by atoms with Crippen molar-refractivity contribution in [1.82, 2.24) is 4.90 Å². The molecule has 0 spiro atoms. The summed E-state index contributed by atoms with van der Waals surface area (Å²) >= 11 is 0. The van der Waals surface area contributed by atoms with Gasteiger partial charge in [-0.15, -0.1) is 0 Å². The average Bonchev–Trinajstić information content (AvgIpc) is 2.39. The van der Waals surface area contributed by atoms with Gasteiger partial charge in [-0.2, -0.15) is 0 Å². The van der Waals surface area contributed by atoms with Crippen LogP contribution >= 0.6 is 0 Å². The molecule has 0 bridgehead atoms. The molecule has 2 rings (SSSR count). The van der Waals surface area contributed by atoms with Crippen LogP contribution < -0.4 is 5.32 Å². The Bertz CT molecular complexity index is 399. The molecule has 1 N–H and O–H groups in total.